The number of benzene rings is 1. The van der Waals surface area contributed by atoms with Crippen LogP contribution in [0.3, 0.4) is 0 Å². The summed E-state index contributed by atoms with van der Waals surface area (Å²) in [5, 5.41) is 5.85. The van der Waals surface area contributed by atoms with Gasteiger partial charge in [-0.25, -0.2) is 0 Å². The molecule has 2 N–H and O–H groups in total. The maximum Gasteiger partial charge on any atom is 0.242 e. The molecule has 6 nitrogen and oxygen atoms in total. The van der Waals surface area contributed by atoms with Crippen molar-refractivity contribution >= 4 is 11.8 Å². The van der Waals surface area contributed by atoms with E-state index in [-0.39, 0.29) is 17.7 Å². The zero-order valence-corrected chi connectivity index (χ0v) is 16.0. The Hall–Kier alpha value is -2.24. The summed E-state index contributed by atoms with van der Waals surface area (Å²) < 4.78 is 10.5. The molecule has 1 unspecified atom stereocenters. The van der Waals surface area contributed by atoms with Crippen LogP contribution in [0.5, 0.6) is 11.5 Å². The van der Waals surface area contributed by atoms with E-state index in [2.05, 4.69) is 10.6 Å². The van der Waals surface area contributed by atoms with Crippen molar-refractivity contribution in [3.63, 3.8) is 0 Å². The Balaban J connectivity index is 1.84. The molecule has 1 aliphatic rings. The molecular weight excluding hydrogens is 332 g/mol. The molecule has 1 atom stereocenters. The second-order valence-electron chi connectivity index (χ2n) is 6.71. The summed E-state index contributed by atoms with van der Waals surface area (Å²) in [6.45, 7) is 2.52. The molecule has 1 aromatic carbocycles. The first-order chi connectivity index (χ1) is 12.6. The maximum atomic E-state index is 12.4. The lowest BCUT2D eigenvalue weighted by molar-refractivity contribution is -0.132. The number of methoxy groups -OCH3 is 2. The highest BCUT2D eigenvalue weighted by Gasteiger charge is 2.28. The highest BCUT2D eigenvalue weighted by molar-refractivity contribution is 5.88. The Labute approximate surface area is 155 Å². The summed E-state index contributed by atoms with van der Waals surface area (Å²) in [5.74, 6) is 1.36. The number of carbonyl (C=O) groups is 2. The zero-order valence-electron chi connectivity index (χ0n) is 16.0. The minimum absolute atomic E-state index is 0.0183. The molecule has 1 saturated carbocycles. The average molecular weight is 362 g/mol. The van der Waals surface area contributed by atoms with Crippen LogP contribution in [-0.2, 0) is 16.0 Å². The minimum Gasteiger partial charge on any atom is -0.493 e. The van der Waals surface area contributed by atoms with Crippen LogP contribution in [0.25, 0.3) is 0 Å². The molecule has 1 aromatic rings. The molecule has 144 valence electrons. The van der Waals surface area contributed by atoms with E-state index in [0.29, 0.717) is 30.9 Å². The van der Waals surface area contributed by atoms with Crippen LogP contribution in [0, 0.1) is 5.92 Å². The van der Waals surface area contributed by atoms with E-state index in [1.807, 2.05) is 25.1 Å². The lowest BCUT2D eigenvalue weighted by atomic mass is 9.84. The number of nitrogens with one attached hydrogen (secondary N) is 2. The van der Waals surface area contributed by atoms with Crippen LogP contribution in [0.2, 0.25) is 0 Å². The molecule has 0 radical (unpaired) electrons. The van der Waals surface area contributed by atoms with E-state index in [4.69, 9.17) is 9.47 Å². The fraction of sp³-hybridized carbons (Fsp3) is 0.600. The fourth-order valence-corrected chi connectivity index (χ4v) is 3.01. The summed E-state index contributed by atoms with van der Waals surface area (Å²) in [6.07, 6.45) is 5.16. The van der Waals surface area contributed by atoms with Gasteiger partial charge in [-0.1, -0.05) is 25.8 Å². The van der Waals surface area contributed by atoms with Gasteiger partial charge in [0.25, 0.3) is 0 Å². The van der Waals surface area contributed by atoms with E-state index >= 15 is 0 Å². The lowest BCUT2D eigenvalue weighted by Crippen LogP contribution is -2.49. The summed E-state index contributed by atoms with van der Waals surface area (Å²) in [7, 11) is 3.20. The van der Waals surface area contributed by atoms with E-state index in [1.54, 1.807) is 14.2 Å². The molecule has 26 heavy (non-hydrogen) atoms. The predicted molar refractivity (Wildman–Crippen MR) is 100 cm³/mol. The summed E-state index contributed by atoms with van der Waals surface area (Å²) in [4.78, 5) is 24.6. The van der Waals surface area contributed by atoms with Gasteiger partial charge in [0.15, 0.2) is 11.5 Å². The van der Waals surface area contributed by atoms with Crippen LogP contribution in [-0.4, -0.2) is 38.6 Å². The highest BCUT2D eigenvalue weighted by atomic mass is 16.5. The number of hydrogen-bond donors (Lipinski definition) is 2. The van der Waals surface area contributed by atoms with Crippen molar-refractivity contribution in [3.8, 4) is 11.5 Å². The van der Waals surface area contributed by atoms with Gasteiger partial charge in [-0.2, -0.15) is 0 Å². The number of rotatable bonds is 10. The van der Waals surface area contributed by atoms with Crippen molar-refractivity contribution in [2.24, 2.45) is 5.92 Å². The summed E-state index contributed by atoms with van der Waals surface area (Å²) in [6, 6.07) is 5.27. The van der Waals surface area contributed by atoms with E-state index in [9.17, 15) is 9.59 Å². The Kier molecular flexibility index (Phi) is 7.75. The van der Waals surface area contributed by atoms with E-state index in [1.165, 1.54) is 0 Å². The molecule has 2 rings (SSSR count). The Morgan fingerprint density at radius 3 is 2.50 bits per heavy atom. The first-order valence-corrected chi connectivity index (χ1v) is 9.38. The van der Waals surface area contributed by atoms with Crippen molar-refractivity contribution in [2.75, 3.05) is 20.8 Å². The molecular formula is C20H30N2O4. The van der Waals surface area contributed by atoms with Gasteiger partial charge < -0.3 is 20.1 Å². The number of ether oxygens (including phenoxy) is 2. The van der Waals surface area contributed by atoms with Crippen LogP contribution in [0.1, 0.15) is 44.6 Å². The van der Waals surface area contributed by atoms with Crippen LogP contribution < -0.4 is 20.1 Å². The summed E-state index contributed by atoms with van der Waals surface area (Å²) >= 11 is 0. The third kappa shape index (κ3) is 5.38. The maximum absolute atomic E-state index is 12.4. The van der Waals surface area contributed by atoms with E-state index in [0.717, 1.165) is 31.2 Å². The normalized spacial score (nSPS) is 14.9. The van der Waals surface area contributed by atoms with Crippen molar-refractivity contribution in [1.82, 2.24) is 10.6 Å². The average Bonchev–Trinajstić information content (AvgIpc) is 2.59. The molecule has 1 fully saturated rings. The molecule has 1 aliphatic carbocycles. The van der Waals surface area contributed by atoms with Gasteiger partial charge in [0.05, 0.1) is 14.2 Å². The molecule has 2 amide bonds. The molecule has 0 spiro atoms. The van der Waals surface area contributed by atoms with Crippen molar-refractivity contribution in [2.45, 2.75) is 51.5 Å². The lowest BCUT2D eigenvalue weighted by Gasteiger charge is -2.27. The second-order valence-corrected chi connectivity index (χ2v) is 6.71. The molecule has 0 aromatic heterocycles. The Morgan fingerprint density at radius 2 is 1.92 bits per heavy atom. The Bertz CT molecular complexity index is 614. The van der Waals surface area contributed by atoms with Crippen LogP contribution >= 0.6 is 0 Å². The summed E-state index contributed by atoms with van der Waals surface area (Å²) in [5.41, 5.74) is 1.05. The van der Waals surface area contributed by atoms with Crippen molar-refractivity contribution in [3.05, 3.63) is 23.8 Å². The van der Waals surface area contributed by atoms with Gasteiger partial charge in [0.1, 0.15) is 6.04 Å². The van der Waals surface area contributed by atoms with Crippen LogP contribution in [0.15, 0.2) is 18.2 Å². The number of hydrogen-bond acceptors (Lipinski definition) is 4. The van der Waals surface area contributed by atoms with Crippen LogP contribution in [0.4, 0.5) is 0 Å². The minimum atomic E-state index is -0.446. The smallest absolute Gasteiger partial charge is 0.242 e. The van der Waals surface area contributed by atoms with Gasteiger partial charge in [-0.15, -0.1) is 0 Å². The third-order valence-corrected chi connectivity index (χ3v) is 4.85. The van der Waals surface area contributed by atoms with E-state index < -0.39 is 6.04 Å². The monoisotopic (exact) mass is 362 g/mol. The standard InChI is InChI=1S/C20H30N2O4/c1-4-6-16(22-19(23)15-7-5-8-15)20(24)21-12-11-14-9-10-17(25-2)18(13-14)26-3/h9-10,13,15-16H,4-8,11-12H2,1-3H3,(H,21,24)(H,22,23). The topological polar surface area (TPSA) is 76.7 Å². The second kappa shape index (κ2) is 10.0. The quantitative estimate of drug-likeness (QED) is 0.670. The first kappa shape index (κ1) is 20.1. The van der Waals surface area contributed by atoms with Gasteiger partial charge in [0, 0.05) is 12.5 Å². The Morgan fingerprint density at radius 1 is 1.19 bits per heavy atom. The molecule has 0 bridgehead atoms. The highest BCUT2D eigenvalue weighted by Crippen LogP contribution is 2.28. The van der Waals surface area contributed by atoms with Gasteiger partial charge in [-0.3, -0.25) is 9.59 Å². The van der Waals surface area contributed by atoms with Crippen molar-refractivity contribution < 1.29 is 19.1 Å². The van der Waals surface area contributed by atoms with Gasteiger partial charge in [-0.05, 0) is 43.4 Å². The van der Waals surface area contributed by atoms with Gasteiger partial charge >= 0.3 is 0 Å². The molecule has 0 saturated heterocycles. The SMILES string of the molecule is CCCC(NC(=O)C1CCC1)C(=O)NCCc1ccc(OC)c(OC)c1. The number of amides is 2. The molecule has 0 heterocycles. The fourth-order valence-electron chi connectivity index (χ4n) is 3.01. The van der Waals surface area contributed by atoms with Crippen molar-refractivity contribution in [1.29, 1.82) is 0 Å². The molecule has 0 aliphatic heterocycles. The zero-order chi connectivity index (χ0) is 18.9. The van der Waals surface area contributed by atoms with Gasteiger partial charge in [0.2, 0.25) is 11.8 Å². The predicted octanol–water partition coefficient (Wildman–Crippen LogP) is 2.45. The molecule has 6 heteroatoms. The largest absolute Gasteiger partial charge is 0.493 e. The third-order valence-electron chi connectivity index (χ3n) is 4.85. The first-order valence-electron chi connectivity index (χ1n) is 9.38. The number of carbonyl (C=O) groups excluding carboxylic acids is 2.